The number of hydrogen-bond donors (Lipinski definition) is 1. The molecular formula is C13H13BrN4S. The molecule has 3 aromatic rings. The molecule has 19 heavy (non-hydrogen) atoms. The van der Waals surface area contributed by atoms with E-state index in [9.17, 15) is 0 Å². The van der Waals surface area contributed by atoms with Crippen molar-refractivity contribution in [3.63, 3.8) is 0 Å². The maximum atomic E-state index is 4.67. The fourth-order valence-electron chi connectivity index (χ4n) is 1.99. The van der Waals surface area contributed by atoms with E-state index in [0.717, 1.165) is 28.2 Å². The fraction of sp³-hybridized carbons (Fsp3) is 0.231. The third kappa shape index (κ3) is 2.20. The highest BCUT2D eigenvalue weighted by Gasteiger charge is 2.12. The quantitative estimate of drug-likeness (QED) is 0.798. The van der Waals surface area contributed by atoms with Gasteiger partial charge in [0.2, 0.25) is 0 Å². The zero-order valence-electron chi connectivity index (χ0n) is 10.6. The first-order valence-corrected chi connectivity index (χ1v) is 7.61. The monoisotopic (exact) mass is 336 g/mol. The Morgan fingerprint density at radius 3 is 2.89 bits per heavy atom. The maximum Gasteiger partial charge on any atom is 0.155 e. The van der Waals surface area contributed by atoms with Crippen molar-refractivity contribution in [3.8, 4) is 10.6 Å². The van der Waals surface area contributed by atoms with Gasteiger partial charge in [-0.05, 0) is 59.0 Å². The molecule has 98 valence electrons. The van der Waals surface area contributed by atoms with Gasteiger partial charge in [0, 0.05) is 6.54 Å². The minimum Gasteiger partial charge on any atom is -0.314 e. The van der Waals surface area contributed by atoms with Gasteiger partial charge < -0.3 is 5.32 Å². The second-order valence-electron chi connectivity index (χ2n) is 4.30. The number of fused-ring (bicyclic) bond motifs is 1. The molecule has 3 rings (SSSR count). The Labute approximate surface area is 123 Å². The Hall–Kier alpha value is -1.24. The standard InChI is InChI=1S/C13H13BrN4S/c1-8-5-6-19-12(8)9-3-4-11-16-10(7-15-2)13(14)18(11)17-9/h3-6,15H,7H2,1-2H3. The molecule has 0 saturated carbocycles. The van der Waals surface area contributed by atoms with Gasteiger partial charge in [-0.3, -0.25) is 0 Å². The SMILES string of the molecule is CNCc1nc2ccc(-c3sccc3C)nn2c1Br. The Balaban J connectivity index is 2.15. The van der Waals surface area contributed by atoms with Gasteiger partial charge in [-0.25, -0.2) is 9.50 Å². The summed E-state index contributed by atoms with van der Waals surface area (Å²) in [6.45, 7) is 2.82. The Morgan fingerprint density at radius 2 is 2.21 bits per heavy atom. The number of halogens is 1. The lowest BCUT2D eigenvalue weighted by Crippen LogP contribution is -2.05. The molecule has 0 unspecified atom stereocenters. The van der Waals surface area contributed by atoms with Gasteiger partial charge in [0.15, 0.2) is 5.65 Å². The number of nitrogens with one attached hydrogen (secondary N) is 1. The average Bonchev–Trinajstić information content (AvgIpc) is 2.95. The lowest BCUT2D eigenvalue weighted by molar-refractivity contribution is 0.789. The van der Waals surface area contributed by atoms with Crippen molar-refractivity contribution >= 4 is 32.9 Å². The molecule has 3 heterocycles. The van der Waals surface area contributed by atoms with Crippen molar-refractivity contribution in [1.82, 2.24) is 19.9 Å². The van der Waals surface area contributed by atoms with Crippen LogP contribution in [0.2, 0.25) is 0 Å². The first-order chi connectivity index (χ1) is 9.20. The van der Waals surface area contributed by atoms with Crippen LogP contribution in [-0.4, -0.2) is 21.6 Å². The first kappa shape index (κ1) is 12.8. The molecule has 0 bridgehead atoms. The van der Waals surface area contributed by atoms with Crippen LogP contribution in [0.3, 0.4) is 0 Å². The van der Waals surface area contributed by atoms with E-state index in [1.807, 2.05) is 23.7 Å². The second-order valence-corrected chi connectivity index (χ2v) is 5.97. The largest absolute Gasteiger partial charge is 0.314 e. The van der Waals surface area contributed by atoms with E-state index in [0.29, 0.717) is 0 Å². The van der Waals surface area contributed by atoms with Crippen LogP contribution < -0.4 is 5.32 Å². The summed E-state index contributed by atoms with van der Waals surface area (Å²) in [6.07, 6.45) is 0. The van der Waals surface area contributed by atoms with Gasteiger partial charge in [0.05, 0.1) is 10.6 Å². The molecule has 3 aromatic heterocycles. The predicted octanol–water partition coefficient (Wildman–Crippen LogP) is 3.25. The van der Waals surface area contributed by atoms with E-state index in [1.165, 1.54) is 10.4 Å². The van der Waals surface area contributed by atoms with Gasteiger partial charge in [-0.1, -0.05) is 0 Å². The average molecular weight is 337 g/mol. The van der Waals surface area contributed by atoms with Gasteiger partial charge in [-0.2, -0.15) is 5.10 Å². The minimum absolute atomic E-state index is 0.720. The second kappa shape index (κ2) is 5.03. The zero-order valence-corrected chi connectivity index (χ0v) is 13.0. The number of rotatable bonds is 3. The molecule has 0 aliphatic carbocycles. The summed E-state index contributed by atoms with van der Waals surface area (Å²) < 4.78 is 2.76. The third-order valence-corrected chi connectivity index (χ3v) is 4.76. The summed E-state index contributed by atoms with van der Waals surface area (Å²) in [5.74, 6) is 0. The van der Waals surface area contributed by atoms with Crippen molar-refractivity contribution in [2.75, 3.05) is 7.05 Å². The molecule has 0 aromatic carbocycles. The predicted molar refractivity (Wildman–Crippen MR) is 81.5 cm³/mol. The van der Waals surface area contributed by atoms with Crippen LogP contribution >= 0.6 is 27.3 Å². The molecular weight excluding hydrogens is 324 g/mol. The normalized spacial score (nSPS) is 11.3. The van der Waals surface area contributed by atoms with Gasteiger partial charge in [0.1, 0.15) is 10.3 Å². The Kier molecular flexibility index (Phi) is 3.38. The van der Waals surface area contributed by atoms with Crippen LogP contribution in [0, 0.1) is 6.92 Å². The maximum absolute atomic E-state index is 4.67. The number of nitrogens with zero attached hydrogens (tertiary/aromatic N) is 3. The van der Waals surface area contributed by atoms with Gasteiger partial charge in [0.25, 0.3) is 0 Å². The van der Waals surface area contributed by atoms with E-state index >= 15 is 0 Å². The van der Waals surface area contributed by atoms with Crippen LogP contribution in [0.5, 0.6) is 0 Å². The molecule has 0 amide bonds. The highest BCUT2D eigenvalue weighted by Crippen LogP contribution is 2.28. The number of aryl methyl sites for hydroxylation is 1. The van der Waals surface area contributed by atoms with E-state index in [2.05, 4.69) is 49.7 Å². The van der Waals surface area contributed by atoms with Crippen LogP contribution in [0.4, 0.5) is 0 Å². The van der Waals surface area contributed by atoms with Crippen molar-refractivity contribution in [3.05, 3.63) is 39.4 Å². The summed E-state index contributed by atoms with van der Waals surface area (Å²) in [6, 6.07) is 6.14. The molecule has 1 N–H and O–H groups in total. The Morgan fingerprint density at radius 1 is 1.37 bits per heavy atom. The van der Waals surface area contributed by atoms with Crippen molar-refractivity contribution < 1.29 is 0 Å². The fourth-order valence-corrected chi connectivity index (χ4v) is 3.37. The summed E-state index contributed by atoms with van der Waals surface area (Å²) in [4.78, 5) is 5.75. The number of hydrogen-bond acceptors (Lipinski definition) is 4. The topological polar surface area (TPSA) is 42.2 Å². The van der Waals surface area contributed by atoms with Crippen LogP contribution in [0.1, 0.15) is 11.3 Å². The third-order valence-electron chi connectivity index (χ3n) is 2.93. The van der Waals surface area contributed by atoms with Crippen molar-refractivity contribution in [2.45, 2.75) is 13.5 Å². The molecule has 0 saturated heterocycles. The lowest BCUT2D eigenvalue weighted by Gasteiger charge is -2.01. The molecule has 0 radical (unpaired) electrons. The summed E-state index contributed by atoms with van der Waals surface area (Å²) in [5, 5.41) is 9.87. The zero-order chi connectivity index (χ0) is 13.4. The van der Waals surface area contributed by atoms with E-state index in [4.69, 9.17) is 0 Å². The van der Waals surface area contributed by atoms with Crippen molar-refractivity contribution in [2.24, 2.45) is 0 Å². The van der Waals surface area contributed by atoms with Crippen LogP contribution in [0.25, 0.3) is 16.2 Å². The number of imidazole rings is 1. The van der Waals surface area contributed by atoms with Crippen LogP contribution in [-0.2, 0) is 6.54 Å². The van der Waals surface area contributed by atoms with E-state index in [1.54, 1.807) is 11.3 Å². The smallest absolute Gasteiger partial charge is 0.155 e. The molecule has 0 aliphatic heterocycles. The summed E-state index contributed by atoms with van der Waals surface area (Å²) in [5.41, 5.74) is 4.06. The van der Waals surface area contributed by atoms with Crippen LogP contribution in [0.15, 0.2) is 28.2 Å². The Bertz CT molecular complexity index is 731. The number of thiophene rings is 1. The molecule has 0 fully saturated rings. The number of aromatic nitrogens is 3. The molecule has 0 spiro atoms. The minimum atomic E-state index is 0.720. The van der Waals surface area contributed by atoms with E-state index < -0.39 is 0 Å². The highest BCUT2D eigenvalue weighted by molar-refractivity contribution is 9.10. The van der Waals surface area contributed by atoms with Gasteiger partial charge >= 0.3 is 0 Å². The highest BCUT2D eigenvalue weighted by atomic mass is 79.9. The molecule has 0 aliphatic rings. The van der Waals surface area contributed by atoms with Gasteiger partial charge in [-0.15, -0.1) is 11.3 Å². The lowest BCUT2D eigenvalue weighted by atomic mass is 10.2. The van der Waals surface area contributed by atoms with E-state index in [-0.39, 0.29) is 0 Å². The summed E-state index contributed by atoms with van der Waals surface area (Å²) >= 11 is 5.28. The molecule has 4 nitrogen and oxygen atoms in total. The molecule has 0 atom stereocenters. The first-order valence-electron chi connectivity index (χ1n) is 5.94. The van der Waals surface area contributed by atoms with Crippen molar-refractivity contribution in [1.29, 1.82) is 0 Å². The molecule has 6 heteroatoms. The summed E-state index contributed by atoms with van der Waals surface area (Å²) in [7, 11) is 1.91.